The summed E-state index contributed by atoms with van der Waals surface area (Å²) in [6.07, 6.45) is 2.08. The minimum Gasteiger partial charge on any atom is -0.360 e. The molecule has 0 fully saturated rings. The Morgan fingerprint density at radius 1 is 1.13 bits per heavy atom. The van der Waals surface area contributed by atoms with Crippen LogP contribution < -0.4 is 0 Å². The van der Waals surface area contributed by atoms with E-state index in [0.29, 0.717) is 11.8 Å². The van der Waals surface area contributed by atoms with Gasteiger partial charge in [-0.2, -0.15) is 0 Å². The normalized spacial score (nSPS) is 11.9. The van der Waals surface area contributed by atoms with Crippen LogP contribution in [0.15, 0.2) is 18.3 Å². The summed E-state index contributed by atoms with van der Waals surface area (Å²) in [6.45, 7) is 8.75. The predicted octanol–water partition coefficient (Wildman–Crippen LogP) is 4.06. The molecule has 0 spiro atoms. The summed E-state index contributed by atoms with van der Waals surface area (Å²) in [5, 5.41) is 0. The number of H-pyrrole nitrogens is 1. The summed E-state index contributed by atoms with van der Waals surface area (Å²) in [5.41, 5.74) is 4.76. The lowest BCUT2D eigenvalue weighted by Crippen LogP contribution is -1.93. The molecule has 2 rings (SSSR count). The second-order valence-corrected chi connectivity index (χ2v) is 4.69. The Hall–Kier alpha value is -1.31. The van der Waals surface area contributed by atoms with Crippen LogP contribution >= 0.6 is 0 Å². The molecule has 0 radical (unpaired) electrons. The third kappa shape index (κ3) is 1.76. The molecule has 82 valence electrons. The maximum Gasteiger partial charge on any atom is 0.0916 e. The summed E-state index contributed by atoms with van der Waals surface area (Å²) in [5.74, 6) is 1.01. The van der Waals surface area contributed by atoms with Gasteiger partial charge in [0.2, 0.25) is 0 Å². The summed E-state index contributed by atoms with van der Waals surface area (Å²) in [4.78, 5) is 8.00. The van der Waals surface area contributed by atoms with Gasteiger partial charge >= 0.3 is 0 Å². The van der Waals surface area contributed by atoms with Gasteiger partial charge < -0.3 is 4.98 Å². The molecule has 0 aliphatic rings. The van der Waals surface area contributed by atoms with E-state index in [-0.39, 0.29) is 1.43 Å². The molecule has 0 bridgehead atoms. The first kappa shape index (κ1) is 10.2. The van der Waals surface area contributed by atoms with E-state index in [0.717, 1.165) is 11.0 Å². The molecule has 0 unspecified atom stereocenters. The smallest absolute Gasteiger partial charge is 0.0916 e. The zero-order valence-corrected chi connectivity index (χ0v) is 9.83. The molecular weight excluding hydrogens is 184 g/mol. The second-order valence-electron chi connectivity index (χ2n) is 4.69. The summed E-state index contributed by atoms with van der Waals surface area (Å²) in [7, 11) is 0. The molecule has 2 aromatic rings. The molecule has 2 heteroatoms. The first-order valence-corrected chi connectivity index (χ1v) is 5.57. The Kier molecular flexibility index (Phi) is 2.51. The van der Waals surface area contributed by atoms with E-state index in [4.69, 9.17) is 4.98 Å². The number of aromatic amines is 1. The summed E-state index contributed by atoms with van der Waals surface area (Å²) < 4.78 is 0. The van der Waals surface area contributed by atoms with Crippen molar-refractivity contribution in [3.63, 3.8) is 0 Å². The van der Waals surface area contributed by atoms with Crippen molar-refractivity contribution >= 4 is 11.0 Å². The molecule has 0 saturated heterocycles. The molecule has 15 heavy (non-hydrogen) atoms. The first-order valence-electron chi connectivity index (χ1n) is 5.57. The van der Waals surface area contributed by atoms with Crippen molar-refractivity contribution in [2.45, 2.75) is 39.5 Å². The van der Waals surface area contributed by atoms with Crippen molar-refractivity contribution in [1.82, 2.24) is 9.97 Å². The quantitative estimate of drug-likeness (QED) is 0.785. The van der Waals surface area contributed by atoms with Crippen molar-refractivity contribution in [1.29, 1.82) is 0 Å². The van der Waals surface area contributed by atoms with E-state index in [9.17, 15) is 0 Å². The lowest BCUT2D eigenvalue weighted by atomic mass is 10.0. The Labute approximate surface area is 92.2 Å². The largest absolute Gasteiger partial charge is 0.360 e. The zero-order chi connectivity index (χ0) is 11.0. The van der Waals surface area contributed by atoms with Gasteiger partial charge in [0.15, 0.2) is 0 Å². The average molecular weight is 204 g/mol. The Balaban J connectivity index is 0.00000128. The highest BCUT2D eigenvalue weighted by Gasteiger charge is 2.10. The zero-order valence-electron chi connectivity index (χ0n) is 9.83. The van der Waals surface area contributed by atoms with Crippen molar-refractivity contribution in [3.8, 4) is 0 Å². The first-order chi connectivity index (χ1) is 7.09. The topological polar surface area (TPSA) is 28.7 Å². The van der Waals surface area contributed by atoms with Gasteiger partial charge in [-0.1, -0.05) is 27.7 Å². The number of fused-ring (bicyclic) bond motifs is 1. The molecule has 0 aromatic carbocycles. The molecule has 0 aliphatic carbocycles. The second kappa shape index (κ2) is 3.69. The Morgan fingerprint density at radius 2 is 1.87 bits per heavy atom. The summed E-state index contributed by atoms with van der Waals surface area (Å²) >= 11 is 0. The third-order valence-corrected chi connectivity index (χ3v) is 2.79. The van der Waals surface area contributed by atoms with Crippen LogP contribution in [0.2, 0.25) is 0 Å². The van der Waals surface area contributed by atoms with Crippen molar-refractivity contribution in [2.24, 2.45) is 0 Å². The number of hydrogen-bond acceptors (Lipinski definition) is 1. The molecule has 1 N–H and O–H groups in total. The van der Waals surface area contributed by atoms with Gasteiger partial charge in [-0.25, -0.2) is 0 Å². The minimum absolute atomic E-state index is 0. The van der Waals surface area contributed by atoms with Gasteiger partial charge in [-0.15, -0.1) is 0 Å². The third-order valence-electron chi connectivity index (χ3n) is 2.79. The number of hydrogen-bond donors (Lipinski definition) is 1. The van der Waals surface area contributed by atoms with E-state index in [1.807, 2.05) is 0 Å². The van der Waals surface area contributed by atoms with E-state index >= 15 is 0 Å². The fourth-order valence-electron chi connectivity index (χ4n) is 1.80. The number of nitrogens with zero attached hydrogens (tertiary/aromatic N) is 1. The van der Waals surface area contributed by atoms with Crippen LogP contribution in [-0.2, 0) is 0 Å². The number of pyridine rings is 1. The SMILES string of the molecule is CC(C)c1ccc2[nH]cc(C(C)C)c2n1.[HH]. The standard InChI is InChI=1S/C13H18N2.H2/c1-8(2)10-7-14-12-6-5-11(9(3)4)15-13(10)12;/h5-9,14H,1-4H3;1H. The monoisotopic (exact) mass is 204 g/mol. The molecule has 0 aliphatic heterocycles. The van der Waals surface area contributed by atoms with Crippen LogP contribution in [0.25, 0.3) is 11.0 Å². The van der Waals surface area contributed by atoms with Crippen LogP contribution in [0.1, 0.15) is 52.2 Å². The van der Waals surface area contributed by atoms with Crippen molar-refractivity contribution in [3.05, 3.63) is 29.6 Å². The van der Waals surface area contributed by atoms with Gasteiger partial charge in [0, 0.05) is 13.3 Å². The number of rotatable bonds is 2. The molecule has 0 atom stereocenters. The minimum atomic E-state index is 0. The maximum atomic E-state index is 4.72. The number of nitrogens with one attached hydrogen (secondary N) is 1. The lowest BCUT2D eigenvalue weighted by molar-refractivity contribution is 0.825. The Morgan fingerprint density at radius 3 is 2.47 bits per heavy atom. The molecule has 2 aromatic heterocycles. The van der Waals surface area contributed by atoms with Gasteiger partial charge in [0.1, 0.15) is 0 Å². The van der Waals surface area contributed by atoms with Crippen LogP contribution in [-0.4, -0.2) is 9.97 Å². The molecule has 2 nitrogen and oxygen atoms in total. The van der Waals surface area contributed by atoms with E-state index in [2.05, 4.69) is 51.0 Å². The molecule has 0 saturated carbocycles. The summed E-state index contributed by atoms with van der Waals surface area (Å²) in [6, 6.07) is 4.23. The lowest BCUT2D eigenvalue weighted by Gasteiger charge is -2.06. The van der Waals surface area contributed by atoms with Gasteiger partial charge in [0.05, 0.1) is 11.0 Å². The fourth-order valence-corrected chi connectivity index (χ4v) is 1.80. The fraction of sp³-hybridized carbons (Fsp3) is 0.462. The average Bonchev–Trinajstić information content (AvgIpc) is 2.59. The van der Waals surface area contributed by atoms with Gasteiger partial charge in [-0.3, -0.25) is 4.98 Å². The van der Waals surface area contributed by atoms with E-state index in [1.165, 1.54) is 11.3 Å². The number of aromatic nitrogens is 2. The highest BCUT2D eigenvalue weighted by molar-refractivity contribution is 5.79. The van der Waals surface area contributed by atoms with Crippen molar-refractivity contribution in [2.75, 3.05) is 0 Å². The van der Waals surface area contributed by atoms with Crippen LogP contribution in [0.5, 0.6) is 0 Å². The van der Waals surface area contributed by atoms with E-state index < -0.39 is 0 Å². The van der Waals surface area contributed by atoms with Crippen LogP contribution in [0, 0.1) is 0 Å². The van der Waals surface area contributed by atoms with E-state index in [1.54, 1.807) is 0 Å². The van der Waals surface area contributed by atoms with Gasteiger partial charge in [-0.05, 0) is 29.5 Å². The highest BCUT2D eigenvalue weighted by Crippen LogP contribution is 2.25. The molecular formula is C13H20N2. The predicted molar refractivity (Wildman–Crippen MR) is 66.4 cm³/mol. The highest BCUT2D eigenvalue weighted by atomic mass is 14.8. The maximum absolute atomic E-state index is 4.72. The molecule has 2 heterocycles. The van der Waals surface area contributed by atoms with Crippen molar-refractivity contribution < 1.29 is 1.43 Å². The Bertz CT molecular complexity index is 472. The van der Waals surface area contributed by atoms with Gasteiger partial charge in [0.25, 0.3) is 0 Å². The van der Waals surface area contributed by atoms with Crippen LogP contribution in [0.3, 0.4) is 0 Å². The molecule has 0 amide bonds. The van der Waals surface area contributed by atoms with Crippen LogP contribution in [0.4, 0.5) is 0 Å².